The largest absolute Gasteiger partial charge is 0.454 e. The number of hydrogen-bond donors (Lipinski definition) is 1. The van der Waals surface area contributed by atoms with E-state index in [2.05, 4.69) is 10.3 Å². The summed E-state index contributed by atoms with van der Waals surface area (Å²) in [6, 6.07) is 8.75. The van der Waals surface area contributed by atoms with Gasteiger partial charge in [0.15, 0.2) is 11.5 Å². The zero-order chi connectivity index (χ0) is 18.6. The Balaban J connectivity index is 1.40. The van der Waals surface area contributed by atoms with E-state index in [1.54, 1.807) is 12.1 Å². The molecular formula is C20H21N3O4. The lowest BCUT2D eigenvalue weighted by atomic mass is 10.1. The third-order valence-electron chi connectivity index (χ3n) is 4.77. The van der Waals surface area contributed by atoms with Crippen LogP contribution in [0, 0.1) is 0 Å². The lowest BCUT2D eigenvalue weighted by molar-refractivity contribution is 0.0724. The van der Waals surface area contributed by atoms with Crippen LogP contribution in [0.25, 0.3) is 0 Å². The predicted octanol–water partition coefficient (Wildman–Crippen LogP) is 2.37. The van der Waals surface area contributed by atoms with E-state index in [0.29, 0.717) is 23.6 Å². The first-order valence-corrected chi connectivity index (χ1v) is 9.13. The quantitative estimate of drug-likeness (QED) is 0.897. The van der Waals surface area contributed by atoms with Crippen LogP contribution in [-0.4, -0.2) is 41.6 Å². The minimum Gasteiger partial charge on any atom is -0.454 e. The number of nitrogens with one attached hydrogen (secondary N) is 1. The molecule has 0 spiro atoms. The van der Waals surface area contributed by atoms with Crippen molar-refractivity contribution in [2.45, 2.75) is 25.8 Å². The van der Waals surface area contributed by atoms with Crippen molar-refractivity contribution in [2.75, 3.05) is 19.9 Å². The lowest BCUT2D eigenvalue weighted by Crippen LogP contribution is -2.35. The molecule has 2 amide bonds. The number of piperidine rings is 1. The van der Waals surface area contributed by atoms with Crippen molar-refractivity contribution in [3.63, 3.8) is 0 Å². The molecule has 1 aromatic heterocycles. The molecule has 1 aromatic carbocycles. The van der Waals surface area contributed by atoms with Gasteiger partial charge in [0.1, 0.15) is 5.69 Å². The van der Waals surface area contributed by atoms with Crippen LogP contribution < -0.4 is 14.8 Å². The molecule has 2 aromatic rings. The summed E-state index contributed by atoms with van der Waals surface area (Å²) in [5.41, 5.74) is 1.63. The van der Waals surface area contributed by atoms with Crippen molar-refractivity contribution < 1.29 is 19.1 Å². The van der Waals surface area contributed by atoms with Gasteiger partial charge in [-0.15, -0.1) is 0 Å². The highest BCUT2D eigenvalue weighted by atomic mass is 16.7. The Kier molecular flexibility index (Phi) is 4.91. The zero-order valence-corrected chi connectivity index (χ0v) is 14.9. The number of nitrogens with zero attached hydrogens (tertiary/aromatic N) is 2. The Hall–Kier alpha value is -3.09. The fourth-order valence-electron chi connectivity index (χ4n) is 3.29. The van der Waals surface area contributed by atoms with Gasteiger partial charge in [0.25, 0.3) is 11.8 Å². The summed E-state index contributed by atoms with van der Waals surface area (Å²) in [6.45, 7) is 2.09. The maximum absolute atomic E-state index is 12.6. The van der Waals surface area contributed by atoms with E-state index in [0.717, 1.165) is 37.9 Å². The number of benzene rings is 1. The molecule has 2 aliphatic heterocycles. The molecule has 1 saturated heterocycles. The molecule has 1 N–H and O–H groups in total. The molecule has 3 heterocycles. The summed E-state index contributed by atoms with van der Waals surface area (Å²) < 4.78 is 10.6. The SMILES string of the molecule is O=C(NCc1ccc2c(c1)OCO2)c1cc(C(=O)N2CCCCC2)ccn1. The molecule has 7 nitrogen and oxygen atoms in total. The Morgan fingerprint density at radius 2 is 1.85 bits per heavy atom. The molecular weight excluding hydrogens is 346 g/mol. The monoisotopic (exact) mass is 367 g/mol. The van der Waals surface area contributed by atoms with Crippen LogP contribution in [0.1, 0.15) is 45.7 Å². The number of likely N-dealkylation sites (tertiary alicyclic amines) is 1. The van der Waals surface area contributed by atoms with Crippen molar-refractivity contribution in [3.05, 3.63) is 53.3 Å². The highest BCUT2D eigenvalue weighted by Crippen LogP contribution is 2.32. The van der Waals surface area contributed by atoms with Crippen LogP contribution in [0.4, 0.5) is 0 Å². The molecule has 0 atom stereocenters. The fourth-order valence-corrected chi connectivity index (χ4v) is 3.29. The second kappa shape index (κ2) is 7.65. The molecule has 7 heteroatoms. The molecule has 0 radical (unpaired) electrons. The van der Waals surface area contributed by atoms with Crippen LogP contribution in [0.5, 0.6) is 11.5 Å². The Morgan fingerprint density at radius 1 is 1.04 bits per heavy atom. The first kappa shape index (κ1) is 17.3. The van der Waals surface area contributed by atoms with Crippen molar-refractivity contribution in [1.82, 2.24) is 15.2 Å². The molecule has 0 saturated carbocycles. The van der Waals surface area contributed by atoms with Gasteiger partial charge in [0.2, 0.25) is 6.79 Å². The van der Waals surface area contributed by atoms with E-state index >= 15 is 0 Å². The number of carbonyl (C=O) groups excluding carboxylic acids is 2. The maximum Gasteiger partial charge on any atom is 0.270 e. The summed E-state index contributed by atoms with van der Waals surface area (Å²) in [5, 5.41) is 2.83. The molecule has 0 aliphatic carbocycles. The van der Waals surface area contributed by atoms with Crippen molar-refractivity contribution in [2.24, 2.45) is 0 Å². The second-order valence-electron chi connectivity index (χ2n) is 6.65. The second-order valence-corrected chi connectivity index (χ2v) is 6.65. The van der Waals surface area contributed by atoms with Gasteiger partial charge in [-0.2, -0.15) is 0 Å². The van der Waals surface area contributed by atoms with Crippen LogP contribution in [0.2, 0.25) is 0 Å². The molecule has 0 unspecified atom stereocenters. The number of ether oxygens (including phenoxy) is 2. The highest BCUT2D eigenvalue weighted by molar-refractivity contribution is 5.98. The van der Waals surface area contributed by atoms with Crippen LogP contribution >= 0.6 is 0 Å². The third-order valence-corrected chi connectivity index (χ3v) is 4.77. The summed E-state index contributed by atoms with van der Waals surface area (Å²) in [6.07, 6.45) is 4.72. The summed E-state index contributed by atoms with van der Waals surface area (Å²) in [7, 11) is 0. The van der Waals surface area contributed by atoms with Crippen molar-refractivity contribution in [1.29, 1.82) is 0 Å². The number of pyridine rings is 1. The Labute approximate surface area is 157 Å². The zero-order valence-electron chi connectivity index (χ0n) is 14.9. The summed E-state index contributed by atoms with van der Waals surface area (Å²) in [5.74, 6) is 1.02. The number of hydrogen-bond acceptors (Lipinski definition) is 5. The van der Waals surface area contributed by atoms with Gasteiger partial charge in [-0.3, -0.25) is 14.6 Å². The van der Waals surface area contributed by atoms with E-state index in [1.807, 2.05) is 23.1 Å². The summed E-state index contributed by atoms with van der Waals surface area (Å²) in [4.78, 5) is 31.0. The topological polar surface area (TPSA) is 80.8 Å². The first-order valence-electron chi connectivity index (χ1n) is 9.13. The van der Waals surface area contributed by atoms with Crippen LogP contribution in [-0.2, 0) is 6.54 Å². The van der Waals surface area contributed by atoms with Gasteiger partial charge in [0, 0.05) is 31.4 Å². The number of amides is 2. The number of fused-ring (bicyclic) bond motifs is 1. The van der Waals surface area contributed by atoms with E-state index in [1.165, 1.54) is 6.20 Å². The number of carbonyl (C=O) groups is 2. The molecule has 0 bridgehead atoms. The van der Waals surface area contributed by atoms with Gasteiger partial charge in [0.05, 0.1) is 0 Å². The lowest BCUT2D eigenvalue weighted by Gasteiger charge is -2.26. The fraction of sp³-hybridized carbons (Fsp3) is 0.350. The van der Waals surface area contributed by atoms with Crippen LogP contribution in [0.3, 0.4) is 0 Å². The van der Waals surface area contributed by atoms with Crippen molar-refractivity contribution >= 4 is 11.8 Å². The molecule has 27 heavy (non-hydrogen) atoms. The number of rotatable bonds is 4. The molecule has 1 fully saturated rings. The van der Waals surface area contributed by atoms with Gasteiger partial charge in [-0.05, 0) is 49.1 Å². The standard InChI is InChI=1S/C20H21N3O4/c24-19(22-12-14-4-5-17-18(10-14)27-13-26-17)16-11-15(6-7-21-16)20(25)23-8-2-1-3-9-23/h4-7,10-11H,1-3,8-9,12-13H2,(H,22,24). The minimum absolute atomic E-state index is 0.0399. The average Bonchev–Trinajstić information content (AvgIpc) is 3.20. The third kappa shape index (κ3) is 3.86. The van der Waals surface area contributed by atoms with Crippen LogP contribution in [0.15, 0.2) is 36.5 Å². The molecule has 2 aliphatic rings. The van der Waals surface area contributed by atoms with Crippen molar-refractivity contribution in [3.8, 4) is 11.5 Å². The van der Waals surface area contributed by atoms with Gasteiger partial charge >= 0.3 is 0 Å². The maximum atomic E-state index is 12.6. The normalized spacial score (nSPS) is 15.5. The molecule has 4 rings (SSSR count). The first-order chi connectivity index (χ1) is 13.2. The smallest absolute Gasteiger partial charge is 0.270 e. The van der Waals surface area contributed by atoms with E-state index in [9.17, 15) is 9.59 Å². The Morgan fingerprint density at radius 3 is 2.70 bits per heavy atom. The number of aromatic nitrogens is 1. The van der Waals surface area contributed by atoms with Gasteiger partial charge in [-0.25, -0.2) is 0 Å². The Bertz CT molecular complexity index is 862. The van der Waals surface area contributed by atoms with E-state index < -0.39 is 0 Å². The van der Waals surface area contributed by atoms with E-state index in [-0.39, 0.29) is 24.3 Å². The van der Waals surface area contributed by atoms with E-state index in [4.69, 9.17) is 9.47 Å². The predicted molar refractivity (Wildman–Crippen MR) is 97.7 cm³/mol. The summed E-state index contributed by atoms with van der Waals surface area (Å²) >= 11 is 0. The van der Waals surface area contributed by atoms with Gasteiger partial charge in [-0.1, -0.05) is 6.07 Å². The highest BCUT2D eigenvalue weighted by Gasteiger charge is 2.20. The van der Waals surface area contributed by atoms with Gasteiger partial charge < -0.3 is 19.7 Å². The minimum atomic E-state index is -0.319. The average molecular weight is 367 g/mol. The molecule has 140 valence electrons.